The summed E-state index contributed by atoms with van der Waals surface area (Å²) in [6.07, 6.45) is 14.9. The summed E-state index contributed by atoms with van der Waals surface area (Å²) in [7, 11) is -1.72. The van der Waals surface area contributed by atoms with Gasteiger partial charge in [0.15, 0.2) is 0 Å². The highest BCUT2D eigenvalue weighted by molar-refractivity contribution is 7.92. The molecule has 1 aromatic heterocycles. The predicted octanol–water partition coefficient (Wildman–Crippen LogP) is 7.54. The summed E-state index contributed by atoms with van der Waals surface area (Å²) in [4.78, 5) is 30.1. The van der Waals surface area contributed by atoms with Crippen LogP contribution < -0.4 is 14.4 Å². The quantitative estimate of drug-likeness (QED) is 0.278. The molecule has 2 amide bonds. The number of anilines is 1. The molecule has 6 atom stereocenters. The minimum atomic E-state index is -3.50. The number of amides is 2. The SMILES string of the molecule is CO[C@H]1/C=C/C[C@H](C)C[S@@](=O)(NC(=O)c2cc3n(c2)CCCC3)=NC(=O)c2ccc3c(c2)N(C[C@@H]2CC[C@H]21)C[C@@]1(CCCc2cc(Cl)ccc21)CO3. The number of ether oxygens (including phenoxy) is 2. The topological polar surface area (TPSA) is 102 Å². The fourth-order valence-electron chi connectivity index (χ4n) is 9.26. The van der Waals surface area contributed by atoms with Crippen molar-refractivity contribution in [1.29, 1.82) is 0 Å². The molecule has 0 radical (unpaired) electrons. The predicted molar refractivity (Wildman–Crippen MR) is 205 cm³/mol. The van der Waals surface area contributed by atoms with Crippen molar-refractivity contribution >= 4 is 39.0 Å². The third kappa shape index (κ3) is 6.94. The summed E-state index contributed by atoms with van der Waals surface area (Å²) in [6.45, 7) is 4.87. The third-order valence-corrected chi connectivity index (χ3v) is 14.3. The average Bonchev–Trinajstić information content (AvgIpc) is 3.49. The van der Waals surface area contributed by atoms with Gasteiger partial charge < -0.3 is 18.9 Å². The Morgan fingerprint density at radius 1 is 1.12 bits per heavy atom. The number of rotatable bonds is 3. The lowest BCUT2D eigenvalue weighted by Gasteiger charge is -2.46. The third-order valence-electron chi connectivity index (χ3n) is 12.1. The number of methoxy groups -OCH3 is 1. The number of carbonyl (C=O) groups is 2. The van der Waals surface area contributed by atoms with Crippen LogP contribution in [-0.4, -0.2) is 59.3 Å². The standard InChI is InChI=1S/C41H49ClN4O5S/c1-27-7-5-10-37(50-2)34-14-11-30(34)22-46-25-41(17-6-8-28-19-32(42)13-15-35(28)41)26-51-38-16-12-29(21-36(38)46)39(47)43-52(49,24-27)44-40(48)31-20-33-9-3-4-18-45(33)23-31/h5,10,12-13,15-16,19-21,23,27,30,34,37H,3-4,6-9,11,14,17-18,22,24-26H2,1-2H3,(H,43,44,47,48,49)/b10-5+/t27-,30-,34+,37-,41-,52-/m0/s1. The van der Waals surface area contributed by atoms with E-state index in [1.54, 1.807) is 13.2 Å². The molecule has 5 aliphatic rings. The minimum Gasteiger partial charge on any atom is -0.490 e. The number of aromatic nitrogens is 1. The van der Waals surface area contributed by atoms with Gasteiger partial charge >= 0.3 is 0 Å². The summed E-state index contributed by atoms with van der Waals surface area (Å²) < 4.78 is 36.6. The van der Waals surface area contributed by atoms with Crippen molar-refractivity contribution in [3.05, 3.63) is 93.8 Å². The van der Waals surface area contributed by atoms with Crippen molar-refractivity contribution in [1.82, 2.24) is 9.29 Å². The summed E-state index contributed by atoms with van der Waals surface area (Å²) in [6, 6.07) is 13.5. The van der Waals surface area contributed by atoms with Gasteiger partial charge in [-0.3, -0.25) is 14.3 Å². The van der Waals surface area contributed by atoms with Crippen LogP contribution in [0.3, 0.4) is 0 Å². The zero-order valence-electron chi connectivity index (χ0n) is 30.2. The molecule has 276 valence electrons. The fraction of sp³-hybridized carbons (Fsp3) is 0.512. The number of aryl methyl sites for hydroxylation is 3. The highest BCUT2D eigenvalue weighted by Gasteiger charge is 2.44. The second-order valence-corrected chi connectivity index (χ2v) is 18.2. The van der Waals surface area contributed by atoms with Crippen molar-refractivity contribution < 1.29 is 23.3 Å². The molecule has 2 aliphatic carbocycles. The summed E-state index contributed by atoms with van der Waals surface area (Å²) >= 11 is 6.47. The Balaban J connectivity index is 1.18. The smallest absolute Gasteiger partial charge is 0.286 e. The van der Waals surface area contributed by atoms with E-state index >= 15 is 0 Å². The molecule has 8 rings (SSSR count). The van der Waals surface area contributed by atoms with Gasteiger partial charge in [0.25, 0.3) is 11.8 Å². The molecule has 2 aromatic carbocycles. The maximum atomic E-state index is 14.7. The molecule has 1 spiro atoms. The lowest BCUT2D eigenvalue weighted by Crippen LogP contribution is -2.49. The van der Waals surface area contributed by atoms with Crippen molar-refractivity contribution in [3.8, 4) is 5.75 Å². The second-order valence-electron chi connectivity index (χ2n) is 15.8. The lowest BCUT2D eigenvalue weighted by atomic mass is 9.68. The Kier molecular flexibility index (Phi) is 9.76. The first-order valence-electron chi connectivity index (χ1n) is 18.9. The molecule has 1 saturated carbocycles. The van der Waals surface area contributed by atoms with E-state index in [2.05, 4.69) is 42.8 Å². The number of nitrogens with one attached hydrogen (secondary N) is 1. The average molecular weight is 745 g/mol. The molecule has 1 N–H and O–H groups in total. The summed E-state index contributed by atoms with van der Waals surface area (Å²) in [5.41, 5.74) is 5.00. The Bertz CT molecular complexity index is 2010. The van der Waals surface area contributed by atoms with Crippen LogP contribution in [0.25, 0.3) is 0 Å². The Hall–Kier alpha value is -3.60. The van der Waals surface area contributed by atoms with Gasteiger partial charge in [-0.05, 0) is 123 Å². The van der Waals surface area contributed by atoms with Gasteiger partial charge in [0.05, 0.1) is 29.7 Å². The maximum Gasteiger partial charge on any atom is 0.286 e. The van der Waals surface area contributed by atoms with Gasteiger partial charge in [0, 0.05) is 54.6 Å². The molecule has 52 heavy (non-hydrogen) atoms. The number of benzene rings is 2. The largest absolute Gasteiger partial charge is 0.490 e. The molecule has 11 heteroatoms. The van der Waals surface area contributed by atoms with Crippen molar-refractivity contribution in [2.24, 2.45) is 22.1 Å². The number of carbonyl (C=O) groups excluding carboxylic acids is 2. The molecule has 4 heterocycles. The highest BCUT2D eigenvalue weighted by atomic mass is 35.5. The second kappa shape index (κ2) is 14.3. The number of halogens is 1. The van der Waals surface area contributed by atoms with Gasteiger partial charge in [0.2, 0.25) is 0 Å². The van der Waals surface area contributed by atoms with Crippen LogP contribution in [0.4, 0.5) is 5.69 Å². The summed E-state index contributed by atoms with van der Waals surface area (Å²) in [5.74, 6) is 0.295. The van der Waals surface area contributed by atoms with E-state index in [4.69, 9.17) is 21.1 Å². The van der Waals surface area contributed by atoms with Gasteiger partial charge in [-0.15, -0.1) is 4.36 Å². The van der Waals surface area contributed by atoms with E-state index in [0.717, 1.165) is 93.2 Å². The van der Waals surface area contributed by atoms with Gasteiger partial charge in [-0.1, -0.05) is 36.7 Å². The Morgan fingerprint density at radius 3 is 2.81 bits per heavy atom. The van der Waals surface area contributed by atoms with Gasteiger partial charge in [-0.25, -0.2) is 4.21 Å². The van der Waals surface area contributed by atoms with Crippen molar-refractivity contribution in [3.63, 3.8) is 0 Å². The van der Waals surface area contributed by atoms with E-state index in [9.17, 15) is 13.8 Å². The van der Waals surface area contributed by atoms with Crippen LogP contribution in [0, 0.1) is 17.8 Å². The van der Waals surface area contributed by atoms with Crippen LogP contribution in [0.1, 0.15) is 89.4 Å². The van der Waals surface area contributed by atoms with E-state index in [0.29, 0.717) is 36.0 Å². The van der Waals surface area contributed by atoms with Crippen molar-refractivity contribution in [2.75, 3.05) is 37.5 Å². The first kappa shape index (κ1) is 35.4. The van der Waals surface area contributed by atoms with E-state index < -0.39 is 21.7 Å². The number of allylic oxidation sites excluding steroid dienone is 1. The highest BCUT2D eigenvalue weighted by Crippen LogP contribution is 2.47. The normalized spacial score (nSPS) is 30.8. The van der Waals surface area contributed by atoms with E-state index in [-0.39, 0.29) is 23.2 Å². The van der Waals surface area contributed by atoms with E-state index in [1.807, 2.05) is 37.4 Å². The molecule has 1 fully saturated rings. The maximum absolute atomic E-state index is 14.7. The van der Waals surface area contributed by atoms with Crippen LogP contribution in [0.2, 0.25) is 5.02 Å². The monoisotopic (exact) mass is 744 g/mol. The first-order chi connectivity index (χ1) is 25.1. The zero-order valence-corrected chi connectivity index (χ0v) is 31.7. The molecule has 0 unspecified atom stereocenters. The number of hydrogen-bond acceptors (Lipinski definition) is 6. The van der Waals surface area contributed by atoms with Crippen molar-refractivity contribution in [2.45, 2.75) is 82.8 Å². The molecular weight excluding hydrogens is 696 g/mol. The number of hydrogen-bond donors (Lipinski definition) is 1. The molecule has 2 bridgehead atoms. The van der Waals surface area contributed by atoms with Gasteiger partial charge in [-0.2, -0.15) is 0 Å². The zero-order chi connectivity index (χ0) is 36.0. The van der Waals surface area contributed by atoms with Crippen LogP contribution in [0.5, 0.6) is 5.75 Å². The molecular formula is C41H49ClN4O5S. The Morgan fingerprint density at radius 2 is 2.00 bits per heavy atom. The molecule has 3 aliphatic heterocycles. The molecule has 9 nitrogen and oxygen atoms in total. The number of fused-ring (bicyclic) bond motifs is 5. The van der Waals surface area contributed by atoms with Gasteiger partial charge in [0.1, 0.15) is 15.7 Å². The van der Waals surface area contributed by atoms with Crippen LogP contribution in [-0.2, 0) is 39.5 Å². The number of nitrogens with zero attached hydrogens (tertiary/aromatic N) is 3. The van der Waals surface area contributed by atoms with Crippen LogP contribution >= 0.6 is 11.6 Å². The molecule has 3 aromatic rings. The van der Waals surface area contributed by atoms with Crippen LogP contribution in [0.15, 0.2) is 65.2 Å². The van der Waals surface area contributed by atoms with E-state index in [1.165, 1.54) is 11.1 Å². The molecule has 0 saturated heterocycles. The Labute approximate surface area is 312 Å². The lowest BCUT2D eigenvalue weighted by molar-refractivity contribution is 0.0131. The summed E-state index contributed by atoms with van der Waals surface area (Å²) in [5, 5.41) is 0.747. The fourth-order valence-corrected chi connectivity index (χ4v) is 11.3. The first-order valence-corrected chi connectivity index (χ1v) is 21.0. The minimum absolute atomic E-state index is 0.0399.